The van der Waals surface area contributed by atoms with E-state index in [1.54, 1.807) is 18.7 Å². The minimum atomic E-state index is -1.26. The zero-order valence-electron chi connectivity index (χ0n) is 7.16. The maximum absolute atomic E-state index is 9.55. The van der Waals surface area contributed by atoms with E-state index in [0.717, 1.165) is 0 Å². The molecule has 0 aliphatic carbocycles. The second kappa shape index (κ2) is 7.53. The van der Waals surface area contributed by atoms with E-state index in [0.29, 0.717) is 18.8 Å². The van der Waals surface area contributed by atoms with Crippen molar-refractivity contribution in [2.24, 2.45) is 4.99 Å². The quantitative estimate of drug-likeness (QED) is 0.622. The normalized spacial score (nSPS) is 12.9. The van der Waals surface area contributed by atoms with Gasteiger partial charge in [0.15, 0.2) is 0 Å². The number of aliphatic imine (C=N–C) groups is 1. The summed E-state index contributed by atoms with van der Waals surface area (Å²) >= 11 is 0. The Labute approximate surface area is 79.8 Å². The van der Waals surface area contributed by atoms with Gasteiger partial charge in [0.2, 0.25) is 0 Å². The van der Waals surface area contributed by atoms with E-state index in [1.807, 2.05) is 0 Å². The molecule has 0 aromatic heterocycles. The van der Waals surface area contributed by atoms with Crippen molar-refractivity contribution >= 4 is 18.2 Å². The average Bonchev–Trinajstić information content (AvgIpc) is 2.18. The Morgan fingerprint density at radius 1 is 1.29 bits per heavy atom. The number of nitrogens with zero attached hydrogens (tertiary/aromatic N) is 1. The van der Waals surface area contributed by atoms with E-state index in [1.165, 1.54) is 0 Å². The second-order valence-corrected chi connectivity index (χ2v) is 1.96. The van der Waals surface area contributed by atoms with Crippen molar-refractivity contribution in [1.82, 2.24) is 0 Å². The molecule has 0 spiro atoms. The molecule has 0 unspecified atom stereocenters. The predicted octanol–water partition coefficient (Wildman–Crippen LogP) is 0.270. The van der Waals surface area contributed by atoms with Crippen molar-refractivity contribution in [3.05, 3.63) is 24.6 Å². The van der Waals surface area contributed by atoms with Crippen LogP contribution in [0.1, 0.15) is 0 Å². The molecule has 0 saturated heterocycles. The number of rotatable bonds is 2. The molecular formula is C8H9NO5. The van der Waals surface area contributed by atoms with Gasteiger partial charge < -0.3 is 14.9 Å². The van der Waals surface area contributed by atoms with Crippen LogP contribution >= 0.6 is 0 Å². The Bertz CT molecular complexity index is 251. The van der Waals surface area contributed by atoms with E-state index >= 15 is 0 Å². The molecule has 1 aliphatic heterocycles. The Kier molecular flexibility index (Phi) is 6.40. The molecule has 0 bridgehead atoms. The number of carboxylic acids is 2. The Morgan fingerprint density at radius 3 is 2.00 bits per heavy atom. The summed E-state index contributed by atoms with van der Waals surface area (Å²) in [7, 11) is 0. The van der Waals surface area contributed by atoms with Crippen LogP contribution in [0.15, 0.2) is 29.6 Å². The number of carbonyl (C=O) groups is 2. The smallest absolute Gasteiger partial charge is 0.328 e. The van der Waals surface area contributed by atoms with Crippen LogP contribution in [0.25, 0.3) is 0 Å². The molecule has 76 valence electrons. The lowest BCUT2D eigenvalue weighted by atomic mass is 10.5. The number of ether oxygens (including phenoxy) is 1. The van der Waals surface area contributed by atoms with Crippen LogP contribution in [0.3, 0.4) is 0 Å². The van der Waals surface area contributed by atoms with Crippen LogP contribution in [-0.4, -0.2) is 35.0 Å². The van der Waals surface area contributed by atoms with Gasteiger partial charge in [0.25, 0.3) is 0 Å². The van der Waals surface area contributed by atoms with Gasteiger partial charge in [0.1, 0.15) is 12.9 Å². The molecule has 2 N–H and O–H groups in total. The van der Waals surface area contributed by atoms with Gasteiger partial charge in [-0.1, -0.05) is 0 Å². The van der Waals surface area contributed by atoms with Crippen LogP contribution in [0, 0.1) is 0 Å². The van der Waals surface area contributed by atoms with Gasteiger partial charge in [-0.05, 0) is 0 Å². The second-order valence-electron chi connectivity index (χ2n) is 1.96. The van der Waals surface area contributed by atoms with Crippen molar-refractivity contribution in [3.63, 3.8) is 0 Å². The minimum Gasteiger partial charge on any atom is -0.494 e. The monoisotopic (exact) mass is 199 g/mol. The van der Waals surface area contributed by atoms with Gasteiger partial charge in [0.05, 0.1) is 6.20 Å². The van der Waals surface area contributed by atoms with Crippen molar-refractivity contribution in [2.45, 2.75) is 0 Å². The first-order chi connectivity index (χ1) is 6.63. The number of carboxylic acid groups (broad SMARTS) is 2. The number of aliphatic carboxylic acids is 2. The summed E-state index contributed by atoms with van der Waals surface area (Å²) in [6.07, 6.45) is 6.01. The van der Waals surface area contributed by atoms with E-state index in [-0.39, 0.29) is 0 Å². The van der Waals surface area contributed by atoms with Crippen molar-refractivity contribution in [2.75, 3.05) is 6.61 Å². The molecule has 0 atom stereocenters. The van der Waals surface area contributed by atoms with Crippen LogP contribution < -0.4 is 0 Å². The lowest BCUT2D eigenvalue weighted by molar-refractivity contribution is -0.134. The third-order valence-corrected chi connectivity index (χ3v) is 0.888. The zero-order valence-corrected chi connectivity index (χ0v) is 7.16. The molecule has 0 fully saturated rings. The number of hydrogen-bond acceptors (Lipinski definition) is 4. The molecule has 6 nitrogen and oxygen atoms in total. The van der Waals surface area contributed by atoms with Crippen LogP contribution in [0.4, 0.5) is 0 Å². The summed E-state index contributed by atoms with van der Waals surface area (Å²) in [6.45, 7) is 0.622. The van der Waals surface area contributed by atoms with Gasteiger partial charge in [-0.2, -0.15) is 0 Å². The SMILES string of the molecule is C1=COCC=N1.O=C(O)/C=C\C(=O)O. The number of hydrogen-bond donors (Lipinski definition) is 2. The highest BCUT2D eigenvalue weighted by atomic mass is 16.5. The lowest BCUT2D eigenvalue weighted by Crippen LogP contribution is -1.91. The first-order valence-corrected chi connectivity index (χ1v) is 3.55. The van der Waals surface area contributed by atoms with Crippen molar-refractivity contribution < 1.29 is 24.5 Å². The summed E-state index contributed by atoms with van der Waals surface area (Å²) < 4.78 is 4.74. The molecule has 0 saturated carbocycles. The highest BCUT2D eigenvalue weighted by molar-refractivity contribution is 5.89. The molecule has 1 rings (SSSR count). The molecule has 0 aromatic rings. The summed E-state index contributed by atoms with van der Waals surface area (Å²) in [5.74, 6) is -2.51. The topological polar surface area (TPSA) is 96.2 Å². The lowest BCUT2D eigenvalue weighted by Gasteiger charge is -1.94. The molecule has 1 heterocycles. The Hall–Kier alpha value is -2.11. The van der Waals surface area contributed by atoms with E-state index < -0.39 is 11.9 Å². The van der Waals surface area contributed by atoms with E-state index in [4.69, 9.17) is 14.9 Å². The highest BCUT2D eigenvalue weighted by Gasteiger charge is 1.88. The van der Waals surface area contributed by atoms with Crippen LogP contribution in [-0.2, 0) is 14.3 Å². The van der Waals surface area contributed by atoms with Gasteiger partial charge in [-0.3, -0.25) is 4.99 Å². The van der Waals surface area contributed by atoms with Crippen molar-refractivity contribution in [1.29, 1.82) is 0 Å². The van der Waals surface area contributed by atoms with Crippen molar-refractivity contribution in [3.8, 4) is 0 Å². The Morgan fingerprint density at radius 2 is 1.86 bits per heavy atom. The zero-order chi connectivity index (χ0) is 10.8. The van der Waals surface area contributed by atoms with Crippen LogP contribution in [0.5, 0.6) is 0 Å². The summed E-state index contributed by atoms with van der Waals surface area (Å²) in [6, 6.07) is 0. The van der Waals surface area contributed by atoms with Gasteiger partial charge in [-0.15, -0.1) is 0 Å². The van der Waals surface area contributed by atoms with Gasteiger partial charge in [0, 0.05) is 18.4 Å². The predicted molar refractivity (Wildman–Crippen MR) is 48.0 cm³/mol. The third-order valence-electron chi connectivity index (χ3n) is 0.888. The molecule has 0 radical (unpaired) electrons. The first-order valence-electron chi connectivity index (χ1n) is 3.55. The largest absolute Gasteiger partial charge is 0.494 e. The van der Waals surface area contributed by atoms with Crippen LogP contribution in [0.2, 0.25) is 0 Å². The molecule has 0 aromatic carbocycles. The molecule has 6 heteroatoms. The maximum atomic E-state index is 9.55. The van der Waals surface area contributed by atoms with E-state index in [2.05, 4.69) is 4.99 Å². The molecular weight excluding hydrogens is 190 g/mol. The maximum Gasteiger partial charge on any atom is 0.328 e. The summed E-state index contributed by atoms with van der Waals surface area (Å²) in [5, 5.41) is 15.6. The Balaban J connectivity index is 0.000000249. The molecule has 14 heavy (non-hydrogen) atoms. The summed E-state index contributed by atoms with van der Waals surface area (Å²) in [5.41, 5.74) is 0. The summed E-state index contributed by atoms with van der Waals surface area (Å²) in [4.78, 5) is 22.9. The van der Waals surface area contributed by atoms with Gasteiger partial charge in [-0.25, -0.2) is 9.59 Å². The highest BCUT2D eigenvalue weighted by Crippen LogP contribution is 1.82. The first kappa shape index (κ1) is 11.9. The molecule has 1 aliphatic rings. The third kappa shape index (κ3) is 9.89. The fourth-order valence-corrected chi connectivity index (χ4v) is 0.423. The van der Waals surface area contributed by atoms with Gasteiger partial charge >= 0.3 is 11.9 Å². The molecule has 0 amide bonds. The minimum absolute atomic E-state index is 0.558. The fraction of sp³-hybridized carbons (Fsp3) is 0.125. The average molecular weight is 199 g/mol. The fourth-order valence-electron chi connectivity index (χ4n) is 0.423. The standard InChI is InChI=1S/C4H5NO.C4H4O4/c1-3-6-4-2-5-1;5-3(6)1-2-4(7)8/h1-3H,4H2;1-2H,(H,5,6)(H,7,8)/b;2-1-. The van der Waals surface area contributed by atoms with E-state index in [9.17, 15) is 9.59 Å².